The molecule has 1 N–H and O–H groups in total. The summed E-state index contributed by atoms with van der Waals surface area (Å²) in [7, 11) is -4.36. The molecule has 2 aromatic carbocycles. The highest BCUT2D eigenvalue weighted by Gasteiger charge is 2.38. The number of halogens is 1. The zero-order chi connectivity index (χ0) is 32.2. The quantitative estimate of drug-likeness (QED) is 0.400. The van der Waals surface area contributed by atoms with Crippen LogP contribution in [0.1, 0.15) is 59.1 Å². The maximum atomic E-state index is 13.7. The largest absolute Gasteiger partial charge is 0.444 e. The summed E-state index contributed by atoms with van der Waals surface area (Å²) in [6, 6.07) is 10.6. The number of fused-ring (bicyclic) bond motifs is 2. The molecule has 0 saturated carbocycles. The third kappa shape index (κ3) is 6.72. The molecule has 5 rings (SSSR count). The molecular weight excluding hydrogens is 608 g/mol. The number of sulfonamides is 1. The lowest BCUT2D eigenvalue weighted by atomic mass is 9.99. The van der Waals surface area contributed by atoms with Gasteiger partial charge in [0.1, 0.15) is 17.2 Å². The third-order valence-corrected chi connectivity index (χ3v) is 8.93. The lowest BCUT2D eigenvalue weighted by Crippen LogP contribution is -2.42. The van der Waals surface area contributed by atoms with Gasteiger partial charge in [-0.05, 0) is 102 Å². The van der Waals surface area contributed by atoms with Crippen LogP contribution in [0.4, 0.5) is 15.3 Å². The molecule has 3 aromatic rings. The van der Waals surface area contributed by atoms with Crippen LogP contribution in [0.5, 0.6) is 0 Å². The number of hydrogen-bond donors (Lipinski definition) is 1. The maximum Gasteiger partial charge on any atom is 0.420 e. The predicted molar refractivity (Wildman–Crippen MR) is 166 cm³/mol. The minimum Gasteiger partial charge on any atom is -0.444 e. The van der Waals surface area contributed by atoms with Gasteiger partial charge in [0.15, 0.2) is 5.03 Å². The zero-order valence-electron chi connectivity index (χ0n) is 25.6. The molecular formula is C31H37ClN4O7S. The van der Waals surface area contributed by atoms with Crippen molar-refractivity contribution in [2.24, 2.45) is 0 Å². The molecule has 3 heterocycles. The summed E-state index contributed by atoms with van der Waals surface area (Å²) in [5.41, 5.74) is 1.47. The molecule has 11 nitrogen and oxygen atoms in total. The number of nitrogens with one attached hydrogen (secondary N) is 1. The number of rotatable bonds is 4. The van der Waals surface area contributed by atoms with Gasteiger partial charge in [-0.1, -0.05) is 17.7 Å². The third-order valence-electron chi connectivity index (χ3n) is 7.25. The lowest BCUT2D eigenvalue weighted by molar-refractivity contribution is -0.118. The number of amides is 2. The van der Waals surface area contributed by atoms with E-state index in [0.29, 0.717) is 47.7 Å². The lowest BCUT2D eigenvalue weighted by Gasteiger charge is -2.31. The van der Waals surface area contributed by atoms with E-state index in [1.807, 2.05) is 32.9 Å². The normalized spacial score (nSPS) is 17.6. The Morgan fingerprint density at radius 2 is 1.59 bits per heavy atom. The van der Waals surface area contributed by atoms with Gasteiger partial charge in [-0.3, -0.25) is 4.79 Å². The molecule has 1 atom stereocenters. The summed E-state index contributed by atoms with van der Waals surface area (Å²) >= 11 is 6.14. The van der Waals surface area contributed by atoms with Crippen LogP contribution in [0.15, 0.2) is 47.5 Å². The Hall–Kier alpha value is -3.61. The topological polar surface area (TPSA) is 127 Å². The monoisotopic (exact) mass is 644 g/mol. The van der Waals surface area contributed by atoms with Gasteiger partial charge in [0.05, 0.1) is 5.52 Å². The SMILES string of the molecule is CC(C)(C)OC(=O)N1CCc2cc(N3CC[C@H](NS(=O)(=O)c4cc5cc(Cl)ccc5n4C(=O)OC(C)(C)C)C3=O)ccc2C1. The summed E-state index contributed by atoms with van der Waals surface area (Å²) in [6.45, 7) is 11.7. The molecule has 0 aliphatic carbocycles. The zero-order valence-corrected chi connectivity index (χ0v) is 27.2. The highest BCUT2D eigenvalue weighted by molar-refractivity contribution is 7.89. The van der Waals surface area contributed by atoms with E-state index < -0.39 is 39.3 Å². The first kappa shape index (κ1) is 31.8. The van der Waals surface area contributed by atoms with Gasteiger partial charge < -0.3 is 19.3 Å². The smallest absolute Gasteiger partial charge is 0.420 e. The van der Waals surface area contributed by atoms with Crippen molar-refractivity contribution in [2.45, 2.75) is 83.2 Å². The first-order valence-corrected chi connectivity index (χ1v) is 16.3. The van der Waals surface area contributed by atoms with Gasteiger partial charge >= 0.3 is 12.2 Å². The number of aromatic nitrogens is 1. The summed E-state index contributed by atoms with van der Waals surface area (Å²) < 4.78 is 41.9. The van der Waals surface area contributed by atoms with E-state index in [1.54, 1.807) is 54.8 Å². The van der Waals surface area contributed by atoms with Crippen molar-refractivity contribution in [1.82, 2.24) is 14.2 Å². The van der Waals surface area contributed by atoms with Crippen molar-refractivity contribution < 1.29 is 32.3 Å². The van der Waals surface area contributed by atoms with Crippen LogP contribution < -0.4 is 9.62 Å². The van der Waals surface area contributed by atoms with Crippen LogP contribution in [-0.2, 0) is 37.3 Å². The van der Waals surface area contributed by atoms with E-state index in [-0.39, 0.29) is 17.5 Å². The van der Waals surface area contributed by atoms with E-state index >= 15 is 0 Å². The Kier molecular flexibility index (Phi) is 8.23. The fourth-order valence-corrected chi connectivity index (χ4v) is 6.93. The number of benzene rings is 2. The molecule has 1 aromatic heterocycles. The molecule has 44 heavy (non-hydrogen) atoms. The van der Waals surface area contributed by atoms with Crippen LogP contribution >= 0.6 is 11.6 Å². The number of hydrogen-bond acceptors (Lipinski definition) is 7. The summed E-state index contributed by atoms with van der Waals surface area (Å²) in [4.78, 5) is 42.4. The number of nitrogens with zero attached hydrogens (tertiary/aromatic N) is 3. The highest BCUT2D eigenvalue weighted by atomic mass is 35.5. The Bertz CT molecular complexity index is 1750. The maximum absolute atomic E-state index is 13.7. The minimum atomic E-state index is -4.36. The van der Waals surface area contributed by atoms with E-state index in [1.165, 1.54) is 6.07 Å². The van der Waals surface area contributed by atoms with Gasteiger partial charge in [0.25, 0.3) is 10.0 Å². The van der Waals surface area contributed by atoms with Gasteiger partial charge in [-0.15, -0.1) is 0 Å². The van der Waals surface area contributed by atoms with E-state index in [4.69, 9.17) is 21.1 Å². The molecule has 1 saturated heterocycles. The molecule has 13 heteroatoms. The Morgan fingerprint density at radius 1 is 0.909 bits per heavy atom. The van der Waals surface area contributed by atoms with Crippen LogP contribution in [0.2, 0.25) is 5.02 Å². The second-order valence-corrected chi connectivity index (χ2v) is 15.2. The molecule has 2 aliphatic rings. The molecule has 0 bridgehead atoms. The first-order chi connectivity index (χ1) is 20.4. The van der Waals surface area contributed by atoms with Crippen molar-refractivity contribution in [3.8, 4) is 0 Å². The van der Waals surface area contributed by atoms with Crippen molar-refractivity contribution in [1.29, 1.82) is 0 Å². The van der Waals surface area contributed by atoms with E-state index in [2.05, 4.69) is 4.72 Å². The van der Waals surface area contributed by atoms with Crippen molar-refractivity contribution in [3.05, 3.63) is 58.6 Å². The average molecular weight is 645 g/mol. The van der Waals surface area contributed by atoms with Gasteiger partial charge in [-0.25, -0.2) is 22.6 Å². The molecule has 2 amide bonds. The summed E-state index contributed by atoms with van der Waals surface area (Å²) in [5, 5.41) is 0.459. The first-order valence-electron chi connectivity index (χ1n) is 14.4. The van der Waals surface area contributed by atoms with Crippen LogP contribution in [0.25, 0.3) is 10.9 Å². The Labute approximate surface area is 262 Å². The number of anilines is 1. The average Bonchev–Trinajstić information content (AvgIpc) is 3.46. The van der Waals surface area contributed by atoms with E-state index in [0.717, 1.165) is 15.7 Å². The second-order valence-electron chi connectivity index (χ2n) is 13.1. The van der Waals surface area contributed by atoms with Crippen LogP contribution in [-0.4, -0.2) is 66.3 Å². The number of carbonyl (C=O) groups excluding carboxylic acids is 3. The highest BCUT2D eigenvalue weighted by Crippen LogP contribution is 2.31. The summed E-state index contributed by atoms with van der Waals surface area (Å²) in [5.74, 6) is -0.400. The van der Waals surface area contributed by atoms with Crippen LogP contribution in [0, 0.1) is 0 Å². The van der Waals surface area contributed by atoms with Crippen molar-refractivity contribution >= 4 is 56.3 Å². The van der Waals surface area contributed by atoms with Gasteiger partial charge in [0.2, 0.25) is 5.91 Å². The number of carbonyl (C=O) groups is 3. The Morgan fingerprint density at radius 3 is 2.27 bits per heavy atom. The van der Waals surface area contributed by atoms with Crippen molar-refractivity contribution in [3.63, 3.8) is 0 Å². The van der Waals surface area contributed by atoms with Crippen LogP contribution in [0.3, 0.4) is 0 Å². The Balaban J connectivity index is 1.35. The predicted octanol–water partition coefficient (Wildman–Crippen LogP) is 5.45. The fourth-order valence-electron chi connectivity index (χ4n) is 5.34. The standard InChI is InChI=1S/C31H37ClN4O7S/c1-30(2,3)42-28(38)34-13-11-19-16-23(9-7-20(19)18-34)35-14-12-24(27(35)37)33-44(40,41)26-17-21-15-22(32)8-10-25(21)36(26)29(39)43-31(4,5)6/h7-10,15-17,24,33H,11-14,18H2,1-6H3/t24-/m0/s1. The second kappa shape index (κ2) is 11.4. The molecule has 0 radical (unpaired) electrons. The molecule has 0 spiro atoms. The molecule has 236 valence electrons. The van der Waals surface area contributed by atoms with E-state index in [9.17, 15) is 22.8 Å². The fraction of sp³-hybridized carbons (Fsp3) is 0.452. The molecule has 1 fully saturated rings. The summed E-state index contributed by atoms with van der Waals surface area (Å²) in [6.07, 6.45) is -0.403. The van der Waals surface area contributed by atoms with Gasteiger partial charge in [0, 0.05) is 35.7 Å². The molecule has 0 unspecified atom stereocenters. The number of ether oxygens (including phenoxy) is 2. The van der Waals surface area contributed by atoms with Crippen molar-refractivity contribution in [2.75, 3.05) is 18.0 Å². The van der Waals surface area contributed by atoms with Gasteiger partial charge in [-0.2, -0.15) is 4.72 Å². The molecule has 2 aliphatic heterocycles. The minimum absolute atomic E-state index is 0.236.